The second kappa shape index (κ2) is 8.31. The molecule has 1 heterocycles. The van der Waals surface area contributed by atoms with Crippen molar-refractivity contribution < 1.29 is 4.79 Å². The van der Waals surface area contributed by atoms with Gasteiger partial charge in [0.15, 0.2) is 4.34 Å². The van der Waals surface area contributed by atoms with Crippen molar-refractivity contribution in [3.8, 4) is 0 Å². The molecule has 94 valence electrons. The minimum atomic E-state index is -0.0182. The lowest BCUT2D eigenvalue weighted by Crippen LogP contribution is -2.23. The summed E-state index contributed by atoms with van der Waals surface area (Å²) in [5, 5.41) is 2.88. The lowest BCUT2D eigenvalue weighted by molar-refractivity contribution is 0.0958. The van der Waals surface area contributed by atoms with E-state index < -0.39 is 0 Å². The number of rotatable bonds is 7. The molecule has 5 heteroatoms. The highest BCUT2D eigenvalue weighted by Gasteiger charge is 2.09. The third-order valence-corrected chi connectivity index (χ3v) is 4.01. The van der Waals surface area contributed by atoms with Crippen molar-refractivity contribution in [1.29, 1.82) is 0 Å². The van der Waals surface area contributed by atoms with Crippen LogP contribution in [0.3, 0.4) is 0 Å². The Morgan fingerprint density at radius 3 is 3.06 bits per heavy atom. The van der Waals surface area contributed by atoms with Crippen LogP contribution in [-0.2, 0) is 0 Å². The number of carbonyl (C=O) groups is 1. The van der Waals surface area contributed by atoms with Gasteiger partial charge >= 0.3 is 0 Å². The van der Waals surface area contributed by atoms with Crippen LogP contribution in [0.25, 0.3) is 0 Å². The van der Waals surface area contributed by atoms with E-state index in [9.17, 15) is 4.79 Å². The first kappa shape index (κ1) is 14.3. The van der Waals surface area contributed by atoms with Gasteiger partial charge in [-0.05, 0) is 18.6 Å². The molecule has 0 radical (unpaired) electrons. The van der Waals surface area contributed by atoms with Crippen LogP contribution in [-0.4, -0.2) is 23.2 Å². The van der Waals surface area contributed by atoms with E-state index in [4.69, 9.17) is 0 Å². The summed E-state index contributed by atoms with van der Waals surface area (Å²) >= 11 is 3.12. The predicted octanol–water partition coefficient (Wildman–Crippen LogP) is 3.34. The van der Waals surface area contributed by atoms with Crippen molar-refractivity contribution in [3.05, 3.63) is 23.2 Å². The van der Waals surface area contributed by atoms with Crippen LogP contribution >= 0.6 is 23.1 Å². The minimum Gasteiger partial charge on any atom is -0.351 e. The number of allylic oxidation sites excluding steroid dienone is 1. The molecule has 0 atom stereocenters. The third-order valence-electron chi connectivity index (χ3n) is 1.98. The van der Waals surface area contributed by atoms with Crippen molar-refractivity contribution in [3.63, 3.8) is 0 Å². The molecule has 17 heavy (non-hydrogen) atoms. The average Bonchev–Trinajstić information content (AvgIpc) is 2.78. The topological polar surface area (TPSA) is 42.0 Å². The Balaban J connectivity index is 2.33. The van der Waals surface area contributed by atoms with Gasteiger partial charge in [0.2, 0.25) is 0 Å². The van der Waals surface area contributed by atoms with E-state index in [2.05, 4.69) is 36.3 Å². The monoisotopic (exact) mass is 270 g/mol. The Morgan fingerprint density at radius 1 is 1.53 bits per heavy atom. The standard InChI is InChI=1S/C12H18N2OS2/c1-3-5-6-7-8-13-11(15)10-9-14-12(17-10)16-4-2/h5-6,9H,3-4,7-8H2,1-2H3,(H,13,15)/b6-5-. The molecule has 0 bridgehead atoms. The summed E-state index contributed by atoms with van der Waals surface area (Å²) < 4.78 is 0.962. The van der Waals surface area contributed by atoms with E-state index in [1.165, 1.54) is 11.3 Å². The molecule has 0 aromatic carbocycles. The van der Waals surface area contributed by atoms with E-state index in [-0.39, 0.29) is 5.91 Å². The number of aromatic nitrogens is 1. The SMILES string of the molecule is CC/C=C\CCNC(=O)c1cnc(SCC)s1. The molecule has 1 N–H and O–H groups in total. The van der Waals surface area contributed by atoms with Crippen LogP contribution in [0.2, 0.25) is 0 Å². The molecule has 1 aromatic rings. The van der Waals surface area contributed by atoms with E-state index in [1.54, 1.807) is 18.0 Å². The summed E-state index contributed by atoms with van der Waals surface area (Å²) in [6.45, 7) is 4.86. The molecule has 1 aromatic heterocycles. The van der Waals surface area contributed by atoms with Crippen molar-refractivity contribution in [2.45, 2.75) is 31.0 Å². The largest absolute Gasteiger partial charge is 0.351 e. The lowest BCUT2D eigenvalue weighted by atomic mass is 10.3. The quantitative estimate of drug-likeness (QED) is 0.469. The molecule has 1 amide bonds. The smallest absolute Gasteiger partial charge is 0.263 e. The van der Waals surface area contributed by atoms with E-state index in [0.29, 0.717) is 11.4 Å². The van der Waals surface area contributed by atoms with Gasteiger partial charge in [-0.3, -0.25) is 4.79 Å². The Morgan fingerprint density at radius 2 is 2.35 bits per heavy atom. The fraction of sp³-hybridized carbons (Fsp3) is 0.500. The first-order valence-corrected chi connectivity index (χ1v) is 7.60. The Hall–Kier alpha value is -0.810. The normalized spacial score (nSPS) is 10.9. The van der Waals surface area contributed by atoms with Gasteiger partial charge in [-0.25, -0.2) is 4.98 Å². The third kappa shape index (κ3) is 5.37. The first-order chi connectivity index (χ1) is 8.27. The molecule has 0 aliphatic heterocycles. The number of thioether (sulfide) groups is 1. The molecule has 0 unspecified atom stereocenters. The van der Waals surface area contributed by atoms with Crippen LogP contribution < -0.4 is 5.32 Å². The number of nitrogens with zero attached hydrogens (tertiary/aromatic N) is 1. The predicted molar refractivity (Wildman–Crippen MR) is 74.9 cm³/mol. The Kier molecular flexibility index (Phi) is 6.96. The zero-order chi connectivity index (χ0) is 12.5. The summed E-state index contributed by atoms with van der Waals surface area (Å²) in [6.07, 6.45) is 7.77. The van der Waals surface area contributed by atoms with Crippen LogP contribution in [0.5, 0.6) is 0 Å². The fourth-order valence-corrected chi connectivity index (χ4v) is 2.99. The van der Waals surface area contributed by atoms with E-state index >= 15 is 0 Å². The van der Waals surface area contributed by atoms with Gasteiger partial charge in [-0.15, -0.1) is 11.3 Å². The molecule has 3 nitrogen and oxygen atoms in total. The van der Waals surface area contributed by atoms with Crippen molar-refractivity contribution in [1.82, 2.24) is 10.3 Å². The molecule has 0 aliphatic carbocycles. The highest BCUT2D eigenvalue weighted by Crippen LogP contribution is 2.23. The van der Waals surface area contributed by atoms with Gasteiger partial charge in [-0.1, -0.05) is 37.8 Å². The molecule has 0 fully saturated rings. The van der Waals surface area contributed by atoms with Gasteiger partial charge in [0.1, 0.15) is 4.88 Å². The van der Waals surface area contributed by atoms with Crippen LogP contribution in [0.4, 0.5) is 0 Å². The number of thiazole rings is 1. The van der Waals surface area contributed by atoms with Gasteiger partial charge in [0.05, 0.1) is 6.20 Å². The van der Waals surface area contributed by atoms with Crippen molar-refractivity contribution in [2.24, 2.45) is 0 Å². The molecule has 0 saturated carbocycles. The molecule has 0 saturated heterocycles. The minimum absolute atomic E-state index is 0.0182. The Bertz CT molecular complexity index is 374. The molecule has 0 aliphatic rings. The van der Waals surface area contributed by atoms with Crippen molar-refractivity contribution >= 4 is 29.0 Å². The van der Waals surface area contributed by atoms with Gasteiger partial charge in [-0.2, -0.15) is 0 Å². The van der Waals surface area contributed by atoms with Gasteiger partial charge in [0, 0.05) is 6.54 Å². The second-order valence-electron chi connectivity index (χ2n) is 3.35. The molecular weight excluding hydrogens is 252 g/mol. The van der Waals surface area contributed by atoms with Crippen LogP contribution in [0.1, 0.15) is 36.4 Å². The highest BCUT2D eigenvalue weighted by molar-refractivity contribution is 8.01. The number of carbonyl (C=O) groups excluding carboxylic acids is 1. The molecular formula is C12H18N2OS2. The maximum atomic E-state index is 11.7. The molecule has 1 rings (SSSR count). The number of hydrogen-bond acceptors (Lipinski definition) is 4. The number of nitrogens with one attached hydrogen (secondary N) is 1. The van der Waals surface area contributed by atoms with Crippen LogP contribution in [0, 0.1) is 0 Å². The summed E-state index contributed by atoms with van der Waals surface area (Å²) in [5.74, 6) is 0.964. The van der Waals surface area contributed by atoms with E-state index in [0.717, 1.165) is 22.9 Å². The summed E-state index contributed by atoms with van der Waals surface area (Å²) in [7, 11) is 0. The van der Waals surface area contributed by atoms with Crippen LogP contribution in [0.15, 0.2) is 22.7 Å². The highest BCUT2D eigenvalue weighted by atomic mass is 32.2. The maximum absolute atomic E-state index is 11.7. The fourth-order valence-electron chi connectivity index (χ4n) is 1.19. The Labute approximate surface area is 111 Å². The van der Waals surface area contributed by atoms with Gasteiger partial charge in [0.25, 0.3) is 5.91 Å². The average molecular weight is 270 g/mol. The van der Waals surface area contributed by atoms with E-state index in [1.807, 2.05) is 0 Å². The summed E-state index contributed by atoms with van der Waals surface area (Å²) in [6, 6.07) is 0. The summed E-state index contributed by atoms with van der Waals surface area (Å²) in [4.78, 5) is 16.6. The zero-order valence-corrected chi connectivity index (χ0v) is 11.9. The zero-order valence-electron chi connectivity index (χ0n) is 10.2. The lowest BCUT2D eigenvalue weighted by Gasteiger charge is -1.99. The second-order valence-corrected chi connectivity index (χ2v) is 5.89. The number of hydrogen-bond donors (Lipinski definition) is 1. The first-order valence-electron chi connectivity index (χ1n) is 5.79. The summed E-state index contributed by atoms with van der Waals surface area (Å²) in [5.41, 5.74) is 0. The number of amides is 1. The van der Waals surface area contributed by atoms with Crippen molar-refractivity contribution in [2.75, 3.05) is 12.3 Å². The molecule has 0 spiro atoms. The maximum Gasteiger partial charge on any atom is 0.263 e. The van der Waals surface area contributed by atoms with Gasteiger partial charge < -0.3 is 5.32 Å².